The van der Waals surface area contributed by atoms with E-state index >= 15 is 0 Å². The number of hydrogen-bond donors (Lipinski definition) is 0. The van der Waals surface area contributed by atoms with E-state index in [9.17, 15) is 4.79 Å². The zero-order valence-electron chi connectivity index (χ0n) is 23.6. The lowest BCUT2D eigenvalue weighted by atomic mass is 9.78. The molecule has 0 N–H and O–H groups in total. The minimum absolute atomic E-state index is 0.164. The molecule has 3 aromatic rings. The predicted molar refractivity (Wildman–Crippen MR) is 158 cm³/mol. The van der Waals surface area contributed by atoms with E-state index in [-0.39, 0.29) is 5.92 Å². The Labute approximate surface area is 233 Å². The number of carbonyl (C=O) groups is 1. The van der Waals surface area contributed by atoms with Crippen LogP contribution in [0.25, 0.3) is 11.1 Å². The standard InChI is InChI=1S/C33H43N5O/c1-36(2)32-18-15-28(20-34-32)25-13-11-24(12-14-25)22-37(33(39)26-7-4-3-5-8-26)31-10-6-9-27(19-31)29-21-35-38(23-29)30-16-17-30/h6,9-10,15,18-21,23-26,30H,3-5,7-8,11-14,16-17,22H2,1-2H3/t24-,25-. The molecule has 0 atom stereocenters. The van der Waals surface area contributed by atoms with Crippen LogP contribution in [-0.4, -0.2) is 41.3 Å². The first kappa shape index (κ1) is 26.1. The van der Waals surface area contributed by atoms with Crippen molar-refractivity contribution in [2.45, 2.75) is 82.6 Å². The van der Waals surface area contributed by atoms with Crippen molar-refractivity contribution in [1.29, 1.82) is 0 Å². The predicted octanol–water partition coefficient (Wildman–Crippen LogP) is 7.23. The molecule has 0 bridgehead atoms. The Kier molecular flexibility index (Phi) is 7.71. The van der Waals surface area contributed by atoms with Crippen molar-refractivity contribution < 1.29 is 4.79 Å². The van der Waals surface area contributed by atoms with Gasteiger partial charge in [0, 0.05) is 50.2 Å². The Bertz CT molecular complexity index is 1250. The van der Waals surface area contributed by atoms with Crippen LogP contribution in [0.5, 0.6) is 0 Å². The van der Waals surface area contributed by atoms with Crippen LogP contribution >= 0.6 is 0 Å². The summed E-state index contributed by atoms with van der Waals surface area (Å²) in [5.74, 6) is 2.61. The molecule has 206 valence electrons. The van der Waals surface area contributed by atoms with E-state index in [0.29, 0.717) is 23.8 Å². The van der Waals surface area contributed by atoms with Crippen LogP contribution in [0.3, 0.4) is 0 Å². The number of nitrogens with zero attached hydrogens (tertiary/aromatic N) is 5. The van der Waals surface area contributed by atoms with Gasteiger partial charge in [-0.1, -0.05) is 37.5 Å². The molecule has 0 aliphatic heterocycles. The fourth-order valence-corrected chi connectivity index (χ4v) is 6.61. The molecule has 0 radical (unpaired) electrons. The molecular weight excluding hydrogens is 482 g/mol. The summed E-state index contributed by atoms with van der Waals surface area (Å²) in [6, 6.07) is 13.6. The first-order valence-electron chi connectivity index (χ1n) is 15.1. The molecule has 6 nitrogen and oxygen atoms in total. The highest BCUT2D eigenvalue weighted by atomic mass is 16.2. The highest BCUT2D eigenvalue weighted by Gasteiger charge is 2.31. The van der Waals surface area contributed by atoms with Crippen molar-refractivity contribution in [1.82, 2.24) is 14.8 Å². The van der Waals surface area contributed by atoms with Crippen molar-refractivity contribution in [3.05, 3.63) is 60.6 Å². The van der Waals surface area contributed by atoms with Gasteiger partial charge in [-0.05, 0) is 92.5 Å². The molecule has 3 aliphatic carbocycles. The van der Waals surface area contributed by atoms with E-state index in [4.69, 9.17) is 0 Å². The van der Waals surface area contributed by atoms with E-state index in [1.54, 1.807) is 0 Å². The number of pyridine rings is 1. The summed E-state index contributed by atoms with van der Waals surface area (Å²) < 4.78 is 2.11. The molecule has 3 fully saturated rings. The minimum Gasteiger partial charge on any atom is -0.363 e. The fourth-order valence-electron chi connectivity index (χ4n) is 6.61. The van der Waals surface area contributed by atoms with Gasteiger partial charge in [-0.3, -0.25) is 9.48 Å². The molecule has 6 rings (SSSR count). The van der Waals surface area contributed by atoms with E-state index in [1.165, 1.54) is 50.5 Å². The van der Waals surface area contributed by atoms with Crippen molar-refractivity contribution in [2.75, 3.05) is 30.4 Å². The number of benzene rings is 1. The van der Waals surface area contributed by atoms with E-state index in [1.807, 2.05) is 25.2 Å². The summed E-state index contributed by atoms with van der Waals surface area (Å²) in [5.41, 5.74) is 4.70. The van der Waals surface area contributed by atoms with Gasteiger partial charge in [-0.25, -0.2) is 4.98 Å². The van der Waals surface area contributed by atoms with Crippen LogP contribution in [0.15, 0.2) is 55.0 Å². The first-order valence-corrected chi connectivity index (χ1v) is 15.1. The summed E-state index contributed by atoms with van der Waals surface area (Å²) in [6.07, 6.45) is 19.0. The van der Waals surface area contributed by atoms with Crippen LogP contribution in [0.2, 0.25) is 0 Å². The lowest BCUT2D eigenvalue weighted by Gasteiger charge is -2.35. The Morgan fingerprint density at radius 2 is 1.69 bits per heavy atom. The third-order valence-electron chi connectivity index (χ3n) is 9.22. The lowest BCUT2D eigenvalue weighted by molar-refractivity contribution is -0.123. The highest BCUT2D eigenvalue weighted by Crippen LogP contribution is 2.39. The van der Waals surface area contributed by atoms with E-state index < -0.39 is 0 Å². The Balaban J connectivity index is 1.18. The van der Waals surface area contributed by atoms with Crippen LogP contribution in [0, 0.1) is 11.8 Å². The molecule has 0 saturated heterocycles. The smallest absolute Gasteiger partial charge is 0.230 e. The molecule has 2 aromatic heterocycles. The number of carbonyl (C=O) groups excluding carboxylic acids is 1. The average Bonchev–Trinajstić information content (AvgIpc) is 3.72. The average molecular weight is 526 g/mol. The summed E-state index contributed by atoms with van der Waals surface area (Å²) in [5, 5.41) is 4.61. The van der Waals surface area contributed by atoms with Crippen molar-refractivity contribution in [3.8, 4) is 11.1 Å². The molecule has 1 amide bonds. The quantitative estimate of drug-likeness (QED) is 0.311. The summed E-state index contributed by atoms with van der Waals surface area (Å²) in [6.45, 7) is 0.824. The van der Waals surface area contributed by atoms with Crippen LogP contribution < -0.4 is 9.80 Å². The lowest BCUT2D eigenvalue weighted by Crippen LogP contribution is -2.41. The molecular formula is C33H43N5O. The van der Waals surface area contributed by atoms with Crippen LogP contribution in [0.1, 0.15) is 88.2 Å². The number of rotatable bonds is 8. The molecule has 2 heterocycles. The van der Waals surface area contributed by atoms with Gasteiger partial charge < -0.3 is 9.80 Å². The van der Waals surface area contributed by atoms with Gasteiger partial charge in [0.15, 0.2) is 0 Å². The third kappa shape index (κ3) is 6.05. The Hall–Kier alpha value is -3.15. The molecule has 0 spiro atoms. The van der Waals surface area contributed by atoms with Crippen LogP contribution in [-0.2, 0) is 4.79 Å². The van der Waals surface area contributed by atoms with Crippen molar-refractivity contribution >= 4 is 17.4 Å². The molecule has 1 aromatic carbocycles. The molecule has 3 saturated carbocycles. The topological polar surface area (TPSA) is 54.3 Å². The maximum Gasteiger partial charge on any atom is 0.230 e. The van der Waals surface area contributed by atoms with Gasteiger partial charge in [0.2, 0.25) is 5.91 Å². The zero-order valence-corrected chi connectivity index (χ0v) is 23.6. The van der Waals surface area contributed by atoms with Gasteiger partial charge in [-0.15, -0.1) is 0 Å². The van der Waals surface area contributed by atoms with E-state index in [0.717, 1.165) is 54.9 Å². The van der Waals surface area contributed by atoms with Gasteiger partial charge in [0.05, 0.1) is 12.2 Å². The minimum atomic E-state index is 0.164. The SMILES string of the molecule is CN(C)c1ccc([C@H]2CC[C@H](CN(C(=O)C3CCCCC3)c3cccc(-c4cnn(C5CC5)c4)c3)CC2)cn1. The largest absolute Gasteiger partial charge is 0.363 e. The van der Waals surface area contributed by atoms with E-state index in [2.05, 4.69) is 68.5 Å². The number of amides is 1. The van der Waals surface area contributed by atoms with Crippen molar-refractivity contribution in [2.24, 2.45) is 11.8 Å². The van der Waals surface area contributed by atoms with Gasteiger partial charge in [0.1, 0.15) is 5.82 Å². The highest BCUT2D eigenvalue weighted by molar-refractivity contribution is 5.95. The molecule has 0 unspecified atom stereocenters. The maximum atomic E-state index is 14.0. The Morgan fingerprint density at radius 1 is 0.897 bits per heavy atom. The van der Waals surface area contributed by atoms with Crippen molar-refractivity contribution in [3.63, 3.8) is 0 Å². The summed E-state index contributed by atoms with van der Waals surface area (Å²) >= 11 is 0. The monoisotopic (exact) mass is 525 g/mol. The second-order valence-electron chi connectivity index (χ2n) is 12.3. The fraction of sp³-hybridized carbons (Fsp3) is 0.545. The number of aromatic nitrogens is 3. The van der Waals surface area contributed by atoms with Gasteiger partial charge in [-0.2, -0.15) is 5.10 Å². The third-order valence-corrected chi connectivity index (χ3v) is 9.22. The van der Waals surface area contributed by atoms with Gasteiger partial charge >= 0.3 is 0 Å². The zero-order chi connectivity index (χ0) is 26.8. The molecule has 3 aliphatic rings. The van der Waals surface area contributed by atoms with Crippen LogP contribution in [0.4, 0.5) is 11.5 Å². The first-order chi connectivity index (χ1) is 19.0. The maximum absolute atomic E-state index is 14.0. The summed E-state index contributed by atoms with van der Waals surface area (Å²) in [4.78, 5) is 22.8. The second kappa shape index (κ2) is 11.5. The summed E-state index contributed by atoms with van der Waals surface area (Å²) in [7, 11) is 4.06. The van der Waals surface area contributed by atoms with Gasteiger partial charge in [0.25, 0.3) is 0 Å². The Morgan fingerprint density at radius 3 is 2.38 bits per heavy atom. The number of hydrogen-bond acceptors (Lipinski definition) is 4. The number of anilines is 2. The second-order valence-corrected chi connectivity index (χ2v) is 12.3. The molecule has 39 heavy (non-hydrogen) atoms. The normalized spacial score (nSPS) is 22.0. The molecule has 6 heteroatoms.